The Kier molecular flexibility index (Phi) is 6.23. The Bertz CT molecular complexity index is 817. The monoisotopic (exact) mass is 444 g/mol. The fourth-order valence-corrected chi connectivity index (χ4v) is 3.31. The average Bonchev–Trinajstić information content (AvgIpc) is 2.49. The molecule has 0 aliphatic rings. The maximum atomic E-state index is 12.8. The summed E-state index contributed by atoms with van der Waals surface area (Å²) < 4.78 is 7.46. The molecule has 0 amide bonds. The minimum absolute atomic E-state index is 0.117. The van der Waals surface area contributed by atoms with Gasteiger partial charge in [-0.3, -0.25) is 14.2 Å². The summed E-state index contributed by atoms with van der Waals surface area (Å²) in [5.74, 6) is -0.205. The first-order chi connectivity index (χ1) is 10.9. The molecule has 5 nitrogen and oxygen atoms in total. The van der Waals surface area contributed by atoms with E-state index in [-0.39, 0.29) is 17.3 Å². The Labute approximate surface area is 152 Å². The van der Waals surface area contributed by atoms with Gasteiger partial charge in [-0.05, 0) is 54.6 Å². The lowest BCUT2D eigenvalue weighted by Gasteiger charge is -2.13. The molecule has 7 heteroatoms. The second kappa shape index (κ2) is 7.96. The van der Waals surface area contributed by atoms with Crippen LogP contribution in [0.4, 0.5) is 0 Å². The Morgan fingerprint density at radius 3 is 2.87 bits per heavy atom. The van der Waals surface area contributed by atoms with E-state index in [1.807, 2.05) is 25.1 Å². The number of carbonyl (C=O) groups is 1. The molecule has 122 valence electrons. The van der Waals surface area contributed by atoms with Gasteiger partial charge in [0, 0.05) is 10.1 Å². The number of benzene rings is 1. The van der Waals surface area contributed by atoms with Crippen molar-refractivity contribution in [3.63, 3.8) is 0 Å². The van der Waals surface area contributed by atoms with E-state index in [0.29, 0.717) is 29.2 Å². The number of ether oxygens (including phenoxy) is 1. The number of fused-ring (bicyclic) bond motifs is 1. The van der Waals surface area contributed by atoms with E-state index in [0.717, 1.165) is 9.14 Å². The fraction of sp³-hybridized carbons (Fsp3) is 0.312. The van der Waals surface area contributed by atoms with Crippen molar-refractivity contribution in [1.29, 1.82) is 0 Å². The molecule has 0 aliphatic carbocycles. The number of allylic oxidation sites excluding steroid dienone is 1. The standard InChI is InChI=1S/C16H17IN2O3S/c1-4-22-14(20)9-23-16-18-13-6-5-11(17)7-12(13)15(21)19(16)8-10(2)3/h5-7H,2,4,8-9H2,1,3H3. The SMILES string of the molecule is C=C(C)Cn1c(SCC(=O)OCC)nc2ccc(I)cc2c1=O. The van der Waals surface area contributed by atoms with Crippen LogP contribution in [-0.2, 0) is 16.1 Å². The van der Waals surface area contributed by atoms with Gasteiger partial charge in [0.25, 0.3) is 5.56 Å². The third-order valence-electron chi connectivity index (χ3n) is 2.93. The van der Waals surface area contributed by atoms with Crippen molar-refractivity contribution in [2.75, 3.05) is 12.4 Å². The van der Waals surface area contributed by atoms with Crippen LogP contribution in [0.1, 0.15) is 13.8 Å². The van der Waals surface area contributed by atoms with E-state index in [1.165, 1.54) is 11.8 Å². The zero-order chi connectivity index (χ0) is 17.0. The number of aromatic nitrogens is 2. The molecule has 0 saturated heterocycles. The van der Waals surface area contributed by atoms with Crippen molar-refractivity contribution in [1.82, 2.24) is 9.55 Å². The van der Waals surface area contributed by atoms with Crippen LogP contribution in [0, 0.1) is 3.57 Å². The van der Waals surface area contributed by atoms with Crippen molar-refractivity contribution in [2.24, 2.45) is 0 Å². The molecule has 0 aliphatic heterocycles. The summed E-state index contributed by atoms with van der Waals surface area (Å²) in [6, 6.07) is 5.54. The third kappa shape index (κ3) is 4.57. The van der Waals surface area contributed by atoms with Gasteiger partial charge in [-0.15, -0.1) is 0 Å². The van der Waals surface area contributed by atoms with Gasteiger partial charge >= 0.3 is 5.97 Å². The van der Waals surface area contributed by atoms with Crippen molar-refractivity contribution < 1.29 is 9.53 Å². The number of nitrogens with zero attached hydrogens (tertiary/aromatic N) is 2. The van der Waals surface area contributed by atoms with E-state index in [2.05, 4.69) is 34.2 Å². The van der Waals surface area contributed by atoms with E-state index in [1.54, 1.807) is 11.5 Å². The quantitative estimate of drug-likeness (QED) is 0.225. The minimum atomic E-state index is -0.323. The van der Waals surface area contributed by atoms with Gasteiger partial charge in [-0.2, -0.15) is 0 Å². The lowest BCUT2D eigenvalue weighted by atomic mass is 10.2. The van der Waals surface area contributed by atoms with E-state index in [9.17, 15) is 9.59 Å². The largest absolute Gasteiger partial charge is 0.465 e. The van der Waals surface area contributed by atoms with E-state index >= 15 is 0 Å². The van der Waals surface area contributed by atoms with Crippen LogP contribution >= 0.6 is 34.4 Å². The summed E-state index contributed by atoms with van der Waals surface area (Å²) in [5, 5.41) is 1.07. The van der Waals surface area contributed by atoms with Gasteiger partial charge in [-0.25, -0.2) is 4.98 Å². The average molecular weight is 444 g/mol. The molecule has 2 aromatic rings. The molecule has 0 spiro atoms. The minimum Gasteiger partial charge on any atom is -0.465 e. The maximum Gasteiger partial charge on any atom is 0.316 e. The second-order valence-electron chi connectivity index (χ2n) is 5.00. The Morgan fingerprint density at radius 2 is 2.22 bits per heavy atom. The smallest absolute Gasteiger partial charge is 0.316 e. The Morgan fingerprint density at radius 1 is 1.48 bits per heavy atom. The highest BCUT2D eigenvalue weighted by Gasteiger charge is 2.14. The molecule has 1 aromatic heterocycles. The van der Waals surface area contributed by atoms with Crippen molar-refractivity contribution in [3.8, 4) is 0 Å². The zero-order valence-electron chi connectivity index (χ0n) is 13.0. The molecule has 0 saturated carbocycles. The highest BCUT2D eigenvalue weighted by Crippen LogP contribution is 2.20. The van der Waals surface area contributed by atoms with Gasteiger partial charge in [0.05, 0.1) is 23.3 Å². The van der Waals surface area contributed by atoms with E-state index in [4.69, 9.17) is 4.74 Å². The van der Waals surface area contributed by atoms with Gasteiger partial charge in [-0.1, -0.05) is 23.9 Å². The number of hydrogen-bond donors (Lipinski definition) is 0. The molecule has 0 N–H and O–H groups in total. The normalized spacial score (nSPS) is 10.7. The second-order valence-corrected chi connectivity index (χ2v) is 7.19. The number of esters is 1. The molecule has 0 unspecified atom stereocenters. The molecule has 0 atom stereocenters. The van der Waals surface area contributed by atoms with Gasteiger partial charge < -0.3 is 4.74 Å². The van der Waals surface area contributed by atoms with Crippen LogP contribution in [0.25, 0.3) is 10.9 Å². The predicted molar refractivity (Wildman–Crippen MR) is 101 cm³/mol. The van der Waals surface area contributed by atoms with Crippen LogP contribution < -0.4 is 5.56 Å². The highest BCUT2D eigenvalue weighted by molar-refractivity contribution is 14.1. The van der Waals surface area contributed by atoms with Crippen LogP contribution in [-0.4, -0.2) is 27.9 Å². The highest BCUT2D eigenvalue weighted by atomic mass is 127. The number of hydrogen-bond acceptors (Lipinski definition) is 5. The maximum absolute atomic E-state index is 12.8. The summed E-state index contributed by atoms with van der Waals surface area (Å²) in [5.41, 5.74) is 1.35. The molecule has 0 radical (unpaired) electrons. The molecule has 2 rings (SSSR count). The zero-order valence-corrected chi connectivity index (χ0v) is 15.9. The van der Waals surface area contributed by atoms with Gasteiger partial charge in [0.1, 0.15) is 0 Å². The first kappa shape index (κ1) is 18.0. The Balaban J connectivity index is 2.48. The number of carbonyl (C=O) groups excluding carboxylic acids is 1. The number of halogens is 1. The summed E-state index contributed by atoms with van der Waals surface area (Å²) in [7, 11) is 0. The molecule has 1 heterocycles. The topological polar surface area (TPSA) is 61.2 Å². The summed E-state index contributed by atoms with van der Waals surface area (Å²) in [6.07, 6.45) is 0. The number of rotatable bonds is 6. The molecule has 0 bridgehead atoms. The Hall–Kier alpha value is -1.35. The van der Waals surface area contributed by atoms with Crippen LogP contribution in [0.2, 0.25) is 0 Å². The van der Waals surface area contributed by atoms with Gasteiger partial charge in [0.15, 0.2) is 5.16 Å². The van der Waals surface area contributed by atoms with E-state index < -0.39 is 0 Å². The first-order valence-electron chi connectivity index (χ1n) is 7.05. The van der Waals surface area contributed by atoms with Gasteiger partial charge in [0.2, 0.25) is 0 Å². The first-order valence-corrected chi connectivity index (χ1v) is 9.11. The number of thioether (sulfide) groups is 1. The van der Waals surface area contributed by atoms with Crippen LogP contribution in [0.5, 0.6) is 0 Å². The predicted octanol–water partition coefficient (Wildman–Crippen LogP) is 3.23. The molecule has 1 aromatic carbocycles. The molecule has 0 fully saturated rings. The van der Waals surface area contributed by atoms with Crippen molar-refractivity contribution >= 4 is 51.2 Å². The fourth-order valence-electron chi connectivity index (χ4n) is 2.02. The van der Waals surface area contributed by atoms with Crippen LogP contribution in [0.15, 0.2) is 40.3 Å². The summed E-state index contributed by atoms with van der Waals surface area (Å²) in [4.78, 5) is 28.9. The summed E-state index contributed by atoms with van der Waals surface area (Å²) in [6.45, 7) is 8.19. The van der Waals surface area contributed by atoms with Crippen LogP contribution in [0.3, 0.4) is 0 Å². The van der Waals surface area contributed by atoms with Crippen molar-refractivity contribution in [3.05, 3.63) is 44.3 Å². The molecular formula is C16H17IN2O3S. The lowest BCUT2D eigenvalue weighted by molar-refractivity contribution is -0.139. The van der Waals surface area contributed by atoms with Crippen molar-refractivity contribution in [2.45, 2.75) is 25.5 Å². The summed E-state index contributed by atoms with van der Waals surface area (Å²) >= 11 is 3.37. The molecular weight excluding hydrogens is 427 g/mol. The third-order valence-corrected chi connectivity index (χ3v) is 4.55. The molecule has 23 heavy (non-hydrogen) atoms. The lowest BCUT2D eigenvalue weighted by Crippen LogP contribution is -2.24.